The van der Waals surface area contributed by atoms with Gasteiger partial charge in [-0.2, -0.15) is 0 Å². The number of hydrogen-bond donors (Lipinski definition) is 1. The van der Waals surface area contributed by atoms with Crippen molar-refractivity contribution in [3.63, 3.8) is 0 Å². The average molecular weight is 390 g/mol. The van der Waals surface area contributed by atoms with Gasteiger partial charge in [0.15, 0.2) is 0 Å². The standard InChI is InChI=1S/C20H26N2O6/c1-14(2)16-11-28-19(26)22(16)17(23)20(8-9-21(12-20)18(24)25)13-27-10-15-6-4-3-5-7-15/h3-7,14,16H,8-13H2,1-2H3,(H,24,25)/t16-,20-/m1/s1. The van der Waals surface area contributed by atoms with Crippen LogP contribution < -0.4 is 0 Å². The van der Waals surface area contributed by atoms with E-state index in [4.69, 9.17) is 9.47 Å². The van der Waals surface area contributed by atoms with Crippen molar-refractivity contribution in [3.05, 3.63) is 35.9 Å². The lowest BCUT2D eigenvalue weighted by molar-refractivity contribution is -0.144. The van der Waals surface area contributed by atoms with Crippen LogP contribution in [0.15, 0.2) is 30.3 Å². The largest absolute Gasteiger partial charge is 0.465 e. The maximum absolute atomic E-state index is 13.4. The molecule has 2 aliphatic heterocycles. The molecular weight excluding hydrogens is 364 g/mol. The van der Waals surface area contributed by atoms with E-state index in [1.807, 2.05) is 44.2 Å². The number of hydrogen-bond acceptors (Lipinski definition) is 5. The van der Waals surface area contributed by atoms with Gasteiger partial charge in [-0.05, 0) is 17.9 Å². The highest BCUT2D eigenvalue weighted by molar-refractivity contribution is 5.97. The van der Waals surface area contributed by atoms with Crippen molar-refractivity contribution in [2.45, 2.75) is 32.9 Å². The minimum Gasteiger partial charge on any atom is -0.465 e. The highest BCUT2D eigenvalue weighted by Gasteiger charge is 2.53. The van der Waals surface area contributed by atoms with E-state index in [9.17, 15) is 19.5 Å². The first-order chi connectivity index (χ1) is 13.3. The lowest BCUT2D eigenvalue weighted by Crippen LogP contribution is -2.52. The van der Waals surface area contributed by atoms with Gasteiger partial charge in [0, 0.05) is 13.1 Å². The number of nitrogens with zero attached hydrogens (tertiary/aromatic N) is 2. The summed E-state index contributed by atoms with van der Waals surface area (Å²) in [5.41, 5.74) is -0.136. The van der Waals surface area contributed by atoms with Gasteiger partial charge in [0.25, 0.3) is 0 Å². The zero-order valence-electron chi connectivity index (χ0n) is 16.2. The van der Waals surface area contributed by atoms with Crippen LogP contribution in [0.5, 0.6) is 0 Å². The van der Waals surface area contributed by atoms with Crippen LogP contribution in [-0.4, -0.2) is 65.3 Å². The van der Waals surface area contributed by atoms with E-state index in [0.29, 0.717) is 13.0 Å². The van der Waals surface area contributed by atoms with Crippen LogP contribution in [0.2, 0.25) is 0 Å². The van der Waals surface area contributed by atoms with Crippen LogP contribution in [0, 0.1) is 11.3 Å². The molecule has 0 bridgehead atoms. The average Bonchev–Trinajstić information content (AvgIpc) is 3.27. The number of carboxylic acid groups (broad SMARTS) is 1. The molecule has 2 aliphatic rings. The van der Waals surface area contributed by atoms with E-state index in [-0.39, 0.29) is 38.3 Å². The molecular formula is C20H26N2O6. The minimum absolute atomic E-state index is 0.00452. The fourth-order valence-electron chi connectivity index (χ4n) is 3.74. The molecule has 1 aromatic carbocycles. The summed E-state index contributed by atoms with van der Waals surface area (Å²) in [4.78, 5) is 39.5. The summed E-state index contributed by atoms with van der Waals surface area (Å²) < 4.78 is 10.9. The third kappa shape index (κ3) is 3.96. The molecule has 2 fully saturated rings. The highest BCUT2D eigenvalue weighted by Crippen LogP contribution is 2.36. The van der Waals surface area contributed by atoms with Gasteiger partial charge in [-0.1, -0.05) is 44.2 Å². The molecule has 0 radical (unpaired) electrons. The normalized spacial score (nSPS) is 24.7. The first-order valence-corrected chi connectivity index (χ1v) is 9.44. The van der Waals surface area contributed by atoms with Crippen molar-refractivity contribution < 1.29 is 29.0 Å². The molecule has 1 aromatic rings. The third-order valence-corrected chi connectivity index (χ3v) is 5.46. The van der Waals surface area contributed by atoms with Crippen molar-refractivity contribution in [2.75, 3.05) is 26.3 Å². The van der Waals surface area contributed by atoms with E-state index in [0.717, 1.165) is 5.56 Å². The van der Waals surface area contributed by atoms with Gasteiger partial charge in [-0.3, -0.25) is 4.79 Å². The number of carbonyl (C=O) groups excluding carboxylic acids is 2. The third-order valence-electron chi connectivity index (χ3n) is 5.46. The van der Waals surface area contributed by atoms with Crippen LogP contribution >= 0.6 is 0 Å². The molecule has 1 N–H and O–H groups in total. The molecule has 2 atom stereocenters. The molecule has 8 heteroatoms. The summed E-state index contributed by atoms with van der Waals surface area (Å²) in [6.45, 7) is 4.58. The Morgan fingerprint density at radius 1 is 1.32 bits per heavy atom. The van der Waals surface area contributed by atoms with Crippen LogP contribution in [0.3, 0.4) is 0 Å². The summed E-state index contributed by atoms with van der Waals surface area (Å²) in [7, 11) is 0. The second-order valence-electron chi connectivity index (χ2n) is 7.78. The van der Waals surface area contributed by atoms with Crippen LogP contribution in [0.25, 0.3) is 0 Å². The van der Waals surface area contributed by atoms with Gasteiger partial charge in [-0.15, -0.1) is 0 Å². The Balaban J connectivity index is 1.79. The predicted molar refractivity (Wildman–Crippen MR) is 99.6 cm³/mol. The fourth-order valence-corrected chi connectivity index (χ4v) is 3.74. The van der Waals surface area contributed by atoms with Gasteiger partial charge in [-0.25, -0.2) is 14.5 Å². The molecule has 2 saturated heterocycles. The molecule has 0 saturated carbocycles. The second-order valence-corrected chi connectivity index (χ2v) is 7.78. The predicted octanol–water partition coefficient (Wildman–Crippen LogP) is 2.58. The Bertz CT molecular complexity index is 737. The molecule has 0 unspecified atom stereocenters. The lowest BCUT2D eigenvalue weighted by Gasteiger charge is -2.33. The molecule has 0 aliphatic carbocycles. The quantitative estimate of drug-likeness (QED) is 0.802. The number of cyclic esters (lactones) is 1. The molecule has 3 amide bonds. The summed E-state index contributed by atoms with van der Waals surface area (Å²) >= 11 is 0. The van der Waals surface area contributed by atoms with Gasteiger partial charge < -0.3 is 19.5 Å². The van der Waals surface area contributed by atoms with Crippen molar-refractivity contribution >= 4 is 18.1 Å². The summed E-state index contributed by atoms with van der Waals surface area (Å²) in [6, 6.07) is 9.17. The molecule has 3 rings (SSSR count). The van der Waals surface area contributed by atoms with Crippen LogP contribution in [-0.2, 0) is 20.9 Å². The number of imide groups is 1. The number of rotatable bonds is 6. The summed E-state index contributed by atoms with van der Waals surface area (Å²) in [5.74, 6) is -0.375. The smallest absolute Gasteiger partial charge is 0.417 e. The van der Waals surface area contributed by atoms with Crippen molar-refractivity contribution in [2.24, 2.45) is 11.3 Å². The fraction of sp³-hybridized carbons (Fsp3) is 0.550. The maximum Gasteiger partial charge on any atom is 0.417 e. The molecule has 0 aromatic heterocycles. The van der Waals surface area contributed by atoms with E-state index >= 15 is 0 Å². The number of carbonyl (C=O) groups is 3. The second kappa shape index (κ2) is 8.18. The number of benzene rings is 1. The number of ether oxygens (including phenoxy) is 2. The van der Waals surface area contributed by atoms with Crippen molar-refractivity contribution in [1.82, 2.24) is 9.80 Å². The van der Waals surface area contributed by atoms with Gasteiger partial charge in [0.05, 0.1) is 24.7 Å². The van der Waals surface area contributed by atoms with E-state index < -0.39 is 23.5 Å². The Morgan fingerprint density at radius 3 is 2.64 bits per heavy atom. The van der Waals surface area contributed by atoms with Crippen molar-refractivity contribution in [3.8, 4) is 0 Å². The van der Waals surface area contributed by atoms with Gasteiger partial charge >= 0.3 is 12.2 Å². The Labute approximate surface area is 164 Å². The van der Waals surface area contributed by atoms with Gasteiger partial charge in [0.1, 0.15) is 6.61 Å². The minimum atomic E-state index is -1.09. The first-order valence-electron chi connectivity index (χ1n) is 9.44. The monoisotopic (exact) mass is 390 g/mol. The SMILES string of the molecule is CC(C)[C@H]1COC(=O)N1C(=O)[C@]1(COCc2ccccc2)CCN(C(=O)O)C1. The van der Waals surface area contributed by atoms with E-state index in [1.165, 1.54) is 9.80 Å². The topological polar surface area (TPSA) is 96.4 Å². The Hall–Kier alpha value is -2.61. The molecule has 28 heavy (non-hydrogen) atoms. The Morgan fingerprint density at radius 2 is 2.04 bits per heavy atom. The molecule has 152 valence electrons. The van der Waals surface area contributed by atoms with E-state index in [1.54, 1.807) is 0 Å². The lowest BCUT2D eigenvalue weighted by atomic mass is 9.85. The zero-order valence-corrected chi connectivity index (χ0v) is 16.2. The number of likely N-dealkylation sites (tertiary alicyclic amines) is 1. The van der Waals surface area contributed by atoms with Crippen molar-refractivity contribution in [1.29, 1.82) is 0 Å². The zero-order chi connectivity index (χ0) is 20.3. The van der Waals surface area contributed by atoms with Crippen LogP contribution in [0.1, 0.15) is 25.8 Å². The van der Waals surface area contributed by atoms with Crippen LogP contribution in [0.4, 0.5) is 9.59 Å². The van der Waals surface area contributed by atoms with Gasteiger partial charge in [0.2, 0.25) is 5.91 Å². The molecule has 0 spiro atoms. The maximum atomic E-state index is 13.4. The molecule has 2 heterocycles. The highest BCUT2D eigenvalue weighted by atomic mass is 16.6. The summed E-state index contributed by atoms with van der Waals surface area (Å²) in [5, 5.41) is 9.36. The van der Waals surface area contributed by atoms with E-state index in [2.05, 4.69) is 0 Å². The molecule has 8 nitrogen and oxygen atoms in total. The summed E-state index contributed by atoms with van der Waals surface area (Å²) in [6.07, 6.45) is -1.44. The number of amides is 3. The first kappa shape index (κ1) is 20.1. The Kier molecular flexibility index (Phi) is 5.88.